The molecule has 3 aromatic rings. The summed E-state index contributed by atoms with van der Waals surface area (Å²) >= 11 is 1.15. The number of nitrogens with one attached hydrogen (secondary N) is 1. The third-order valence-corrected chi connectivity index (χ3v) is 5.19. The number of hydrogen-bond acceptors (Lipinski definition) is 7. The highest BCUT2D eigenvalue weighted by molar-refractivity contribution is 7.99. The van der Waals surface area contributed by atoms with Crippen molar-refractivity contribution in [2.75, 3.05) is 11.5 Å². The Morgan fingerprint density at radius 3 is 2.61 bits per heavy atom. The van der Waals surface area contributed by atoms with E-state index in [0.717, 1.165) is 17.3 Å². The molecule has 0 atom stereocenters. The maximum Gasteiger partial charge on any atom is 0.329 e. The second-order valence-electron chi connectivity index (χ2n) is 6.11. The second kappa shape index (κ2) is 8.26. The van der Waals surface area contributed by atoms with E-state index in [-0.39, 0.29) is 17.1 Å². The van der Waals surface area contributed by atoms with Crippen LogP contribution in [0.5, 0.6) is 0 Å². The zero-order valence-electron chi connectivity index (χ0n) is 15.5. The first-order chi connectivity index (χ1) is 13.4. The Kier molecular flexibility index (Phi) is 5.78. The minimum atomic E-state index is -0.775. The molecule has 0 bridgehead atoms. The maximum atomic E-state index is 12.6. The molecule has 10 heteroatoms. The first-order valence-corrected chi connectivity index (χ1v) is 9.66. The van der Waals surface area contributed by atoms with Crippen LogP contribution in [0.2, 0.25) is 0 Å². The molecule has 3 rings (SSSR count). The van der Waals surface area contributed by atoms with E-state index in [2.05, 4.69) is 15.2 Å². The second-order valence-corrected chi connectivity index (χ2v) is 7.06. The lowest BCUT2D eigenvalue weighted by atomic mass is 10.2. The number of thioether (sulfide) groups is 1. The van der Waals surface area contributed by atoms with E-state index >= 15 is 0 Å². The molecule has 0 spiro atoms. The summed E-state index contributed by atoms with van der Waals surface area (Å²) in [5.74, 6) is 0.0321. The SMILES string of the molecule is CCCn1c(N)c(C(=O)CSc2nnc(-c3ccccc3)n2C)c(=O)[nH]c1=O. The summed E-state index contributed by atoms with van der Waals surface area (Å²) in [6, 6.07) is 9.55. The molecule has 0 saturated heterocycles. The largest absolute Gasteiger partial charge is 0.384 e. The van der Waals surface area contributed by atoms with Crippen LogP contribution in [0.15, 0.2) is 45.1 Å². The number of nitrogens with zero attached hydrogens (tertiary/aromatic N) is 4. The van der Waals surface area contributed by atoms with Gasteiger partial charge in [-0.05, 0) is 6.42 Å². The predicted octanol–water partition coefficient (Wildman–Crippen LogP) is 1.30. The van der Waals surface area contributed by atoms with Crippen LogP contribution >= 0.6 is 11.8 Å². The number of ketones is 1. The molecular weight excluding hydrogens is 380 g/mol. The Morgan fingerprint density at radius 1 is 1.21 bits per heavy atom. The highest BCUT2D eigenvalue weighted by atomic mass is 32.2. The van der Waals surface area contributed by atoms with Crippen molar-refractivity contribution in [1.29, 1.82) is 0 Å². The minimum absolute atomic E-state index is 0.0572. The Bertz CT molecular complexity index is 1120. The van der Waals surface area contributed by atoms with Crippen molar-refractivity contribution >= 4 is 23.4 Å². The van der Waals surface area contributed by atoms with Crippen LogP contribution in [0.4, 0.5) is 5.82 Å². The van der Waals surface area contributed by atoms with Crippen LogP contribution < -0.4 is 17.0 Å². The van der Waals surface area contributed by atoms with Gasteiger partial charge >= 0.3 is 5.69 Å². The van der Waals surface area contributed by atoms with Crippen molar-refractivity contribution in [1.82, 2.24) is 24.3 Å². The summed E-state index contributed by atoms with van der Waals surface area (Å²) in [6.45, 7) is 2.19. The van der Waals surface area contributed by atoms with Crippen LogP contribution in [0.1, 0.15) is 23.7 Å². The van der Waals surface area contributed by atoms with Crippen molar-refractivity contribution in [2.24, 2.45) is 7.05 Å². The van der Waals surface area contributed by atoms with Gasteiger partial charge in [-0.3, -0.25) is 19.1 Å². The van der Waals surface area contributed by atoms with Crippen LogP contribution in [-0.2, 0) is 13.6 Å². The van der Waals surface area contributed by atoms with E-state index in [0.29, 0.717) is 23.9 Å². The summed E-state index contributed by atoms with van der Waals surface area (Å²) in [4.78, 5) is 38.8. The molecule has 1 aromatic carbocycles. The molecule has 0 fully saturated rings. The monoisotopic (exact) mass is 400 g/mol. The van der Waals surface area contributed by atoms with Gasteiger partial charge in [-0.2, -0.15) is 0 Å². The van der Waals surface area contributed by atoms with Crippen molar-refractivity contribution in [3.63, 3.8) is 0 Å². The molecule has 0 aliphatic rings. The average Bonchev–Trinajstić information content (AvgIpc) is 3.04. The number of carbonyl (C=O) groups excluding carboxylic acids is 1. The molecule has 3 N–H and O–H groups in total. The number of anilines is 1. The molecular formula is C18H20N6O3S. The first kappa shape index (κ1) is 19.6. The summed E-state index contributed by atoms with van der Waals surface area (Å²) in [7, 11) is 1.80. The van der Waals surface area contributed by atoms with Crippen LogP contribution in [-0.4, -0.2) is 35.9 Å². The Balaban J connectivity index is 1.82. The smallest absolute Gasteiger partial charge is 0.329 e. The first-order valence-electron chi connectivity index (χ1n) is 8.67. The molecule has 0 aliphatic heterocycles. The quantitative estimate of drug-likeness (QED) is 0.452. The number of nitrogens with two attached hydrogens (primary N) is 1. The van der Waals surface area contributed by atoms with E-state index in [1.165, 1.54) is 4.57 Å². The van der Waals surface area contributed by atoms with Crippen molar-refractivity contribution < 1.29 is 4.79 Å². The Hall–Kier alpha value is -3.14. The number of Topliss-reactive ketones (excluding diaryl/α,β-unsaturated/α-hetero) is 1. The van der Waals surface area contributed by atoms with Gasteiger partial charge in [0.05, 0.1) is 5.75 Å². The van der Waals surface area contributed by atoms with Gasteiger partial charge in [0, 0.05) is 19.2 Å². The fraction of sp³-hybridized carbons (Fsp3) is 0.278. The van der Waals surface area contributed by atoms with E-state index in [1.54, 1.807) is 11.6 Å². The molecule has 0 unspecified atom stereocenters. The third kappa shape index (κ3) is 3.77. The number of nitrogen functional groups attached to an aromatic ring is 1. The van der Waals surface area contributed by atoms with E-state index in [4.69, 9.17) is 5.73 Å². The zero-order chi connectivity index (χ0) is 20.3. The fourth-order valence-electron chi connectivity index (χ4n) is 2.78. The average molecular weight is 400 g/mol. The molecule has 0 saturated carbocycles. The maximum absolute atomic E-state index is 12.6. The standard InChI is InChI=1S/C18H20N6O3S/c1-3-9-24-14(19)13(16(26)20-17(24)27)12(25)10-28-18-22-21-15(23(18)2)11-7-5-4-6-8-11/h4-8H,3,9-10,19H2,1-2H3,(H,20,26,27). The van der Waals surface area contributed by atoms with Gasteiger partial charge in [-0.1, -0.05) is 49.0 Å². The number of carbonyl (C=O) groups is 1. The number of hydrogen-bond donors (Lipinski definition) is 2. The predicted molar refractivity (Wildman–Crippen MR) is 108 cm³/mol. The molecule has 9 nitrogen and oxygen atoms in total. The Morgan fingerprint density at radius 2 is 1.93 bits per heavy atom. The van der Waals surface area contributed by atoms with Crippen LogP contribution in [0.3, 0.4) is 0 Å². The minimum Gasteiger partial charge on any atom is -0.384 e. The Labute approximate surface area is 164 Å². The van der Waals surface area contributed by atoms with E-state index in [1.807, 2.05) is 37.3 Å². The van der Waals surface area contributed by atoms with Gasteiger partial charge in [0.1, 0.15) is 11.4 Å². The highest BCUT2D eigenvalue weighted by Gasteiger charge is 2.20. The normalized spacial score (nSPS) is 10.9. The number of benzene rings is 1. The molecule has 0 radical (unpaired) electrons. The van der Waals surface area contributed by atoms with Gasteiger partial charge < -0.3 is 10.3 Å². The summed E-state index contributed by atoms with van der Waals surface area (Å²) < 4.78 is 2.98. The lowest BCUT2D eigenvalue weighted by Gasteiger charge is -2.11. The number of aromatic amines is 1. The molecule has 146 valence electrons. The zero-order valence-corrected chi connectivity index (χ0v) is 16.3. The summed E-state index contributed by atoms with van der Waals surface area (Å²) in [5.41, 5.74) is 5.24. The van der Waals surface area contributed by atoms with Gasteiger partial charge in [-0.15, -0.1) is 10.2 Å². The summed E-state index contributed by atoms with van der Waals surface area (Å²) in [6.07, 6.45) is 0.639. The number of aromatic nitrogens is 5. The lowest BCUT2D eigenvalue weighted by Crippen LogP contribution is -2.36. The molecule has 0 amide bonds. The molecule has 2 aromatic heterocycles. The van der Waals surface area contributed by atoms with Crippen LogP contribution in [0, 0.1) is 0 Å². The fourth-order valence-corrected chi connectivity index (χ4v) is 3.57. The van der Waals surface area contributed by atoms with Gasteiger partial charge in [0.2, 0.25) is 0 Å². The van der Waals surface area contributed by atoms with E-state index < -0.39 is 17.0 Å². The van der Waals surface area contributed by atoms with Gasteiger partial charge in [0.15, 0.2) is 16.8 Å². The number of rotatable bonds is 7. The topological polar surface area (TPSA) is 129 Å². The third-order valence-electron chi connectivity index (χ3n) is 4.16. The van der Waals surface area contributed by atoms with Gasteiger partial charge in [0.25, 0.3) is 5.56 Å². The number of H-pyrrole nitrogens is 1. The molecule has 2 heterocycles. The van der Waals surface area contributed by atoms with Crippen LogP contribution in [0.25, 0.3) is 11.4 Å². The van der Waals surface area contributed by atoms with Gasteiger partial charge in [-0.25, -0.2) is 4.79 Å². The van der Waals surface area contributed by atoms with Crippen molar-refractivity contribution in [3.05, 3.63) is 56.7 Å². The van der Waals surface area contributed by atoms with E-state index in [9.17, 15) is 14.4 Å². The van der Waals surface area contributed by atoms with Crippen molar-refractivity contribution in [3.8, 4) is 11.4 Å². The van der Waals surface area contributed by atoms with Crippen molar-refractivity contribution in [2.45, 2.75) is 25.0 Å². The molecule has 28 heavy (non-hydrogen) atoms. The lowest BCUT2D eigenvalue weighted by molar-refractivity contribution is 0.102. The summed E-state index contributed by atoms with van der Waals surface area (Å²) in [5, 5.41) is 8.81. The molecule has 0 aliphatic carbocycles. The highest BCUT2D eigenvalue weighted by Crippen LogP contribution is 2.23.